The Morgan fingerprint density at radius 3 is 2.90 bits per heavy atom. The first kappa shape index (κ1) is 13.1. The van der Waals surface area contributed by atoms with Crippen LogP contribution >= 0.6 is 0 Å². The Balaban J connectivity index is 1.98. The minimum Gasteiger partial charge on any atom is -0.313 e. The number of likely N-dealkylation sites (N-methyl/N-ethyl adjacent to an activating group) is 1. The summed E-state index contributed by atoms with van der Waals surface area (Å²) in [5, 5.41) is 3.41. The zero-order valence-electron chi connectivity index (χ0n) is 11.9. The van der Waals surface area contributed by atoms with Crippen molar-refractivity contribution in [3.8, 4) is 11.4 Å². The first-order chi connectivity index (χ1) is 9.74. The van der Waals surface area contributed by atoms with Crippen LogP contribution in [0.15, 0.2) is 30.5 Å². The molecule has 1 atom stereocenters. The molecule has 0 spiro atoms. The molecule has 3 heterocycles. The maximum Gasteiger partial charge on any atom is 0.147 e. The lowest BCUT2D eigenvalue weighted by molar-refractivity contribution is 0.194. The molecule has 1 unspecified atom stereocenters. The Labute approximate surface area is 119 Å². The molecule has 5 nitrogen and oxygen atoms in total. The van der Waals surface area contributed by atoms with Gasteiger partial charge in [0, 0.05) is 31.5 Å². The fraction of sp³-hybridized carbons (Fsp3) is 0.400. The largest absolute Gasteiger partial charge is 0.313 e. The van der Waals surface area contributed by atoms with Gasteiger partial charge in [-0.1, -0.05) is 6.07 Å². The topological polar surface area (TPSA) is 53.9 Å². The van der Waals surface area contributed by atoms with Crippen LogP contribution in [-0.2, 0) is 0 Å². The summed E-state index contributed by atoms with van der Waals surface area (Å²) in [6.07, 6.45) is 1.79. The molecule has 5 heteroatoms. The van der Waals surface area contributed by atoms with Crippen molar-refractivity contribution < 1.29 is 0 Å². The molecule has 3 rings (SSSR count). The van der Waals surface area contributed by atoms with Crippen LogP contribution in [0.4, 0.5) is 0 Å². The SMILES string of the molecule is Cc1cc(-c2ccccn2)nc(C2CNCCN2C)n1. The Morgan fingerprint density at radius 1 is 1.25 bits per heavy atom. The summed E-state index contributed by atoms with van der Waals surface area (Å²) in [7, 11) is 2.12. The van der Waals surface area contributed by atoms with Gasteiger partial charge in [0.05, 0.1) is 17.4 Å². The Hall–Kier alpha value is -1.85. The molecule has 2 aromatic heterocycles. The van der Waals surface area contributed by atoms with Crippen molar-refractivity contribution in [3.63, 3.8) is 0 Å². The molecule has 1 aliphatic rings. The van der Waals surface area contributed by atoms with Gasteiger partial charge in [-0.3, -0.25) is 9.88 Å². The third kappa shape index (κ3) is 2.69. The van der Waals surface area contributed by atoms with E-state index in [9.17, 15) is 0 Å². The van der Waals surface area contributed by atoms with Gasteiger partial charge in [0.25, 0.3) is 0 Å². The number of aromatic nitrogens is 3. The summed E-state index contributed by atoms with van der Waals surface area (Å²) in [5.41, 5.74) is 2.77. The van der Waals surface area contributed by atoms with Crippen molar-refractivity contribution in [2.75, 3.05) is 26.7 Å². The van der Waals surface area contributed by atoms with Gasteiger partial charge >= 0.3 is 0 Å². The van der Waals surface area contributed by atoms with Gasteiger partial charge in [-0.05, 0) is 32.2 Å². The molecule has 0 bridgehead atoms. The minimum absolute atomic E-state index is 0.228. The molecule has 2 aromatic rings. The fourth-order valence-corrected chi connectivity index (χ4v) is 2.48. The third-order valence-electron chi connectivity index (χ3n) is 3.61. The normalized spacial score (nSPS) is 20.0. The predicted octanol–water partition coefficient (Wildman–Crippen LogP) is 1.42. The lowest BCUT2D eigenvalue weighted by Gasteiger charge is -2.32. The van der Waals surface area contributed by atoms with E-state index in [1.165, 1.54) is 0 Å². The highest BCUT2D eigenvalue weighted by molar-refractivity contribution is 5.53. The van der Waals surface area contributed by atoms with E-state index in [0.717, 1.165) is 42.5 Å². The highest BCUT2D eigenvalue weighted by atomic mass is 15.2. The molecule has 1 saturated heterocycles. The summed E-state index contributed by atoms with van der Waals surface area (Å²) in [6.45, 7) is 4.93. The summed E-state index contributed by atoms with van der Waals surface area (Å²) in [6, 6.07) is 8.09. The standard InChI is InChI=1S/C15H19N5/c1-11-9-13(12-5-3-4-6-17-12)19-15(18-11)14-10-16-7-8-20(14)2/h3-6,9,14,16H,7-8,10H2,1-2H3. The smallest absolute Gasteiger partial charge is 0.147 e. The maximum absolute atomic E-state index is 4.72. The van der Waals surface area contributed by atoms with Crippen LogP contribution < -0.4 is 5.32 Å². The minimum atomic E-state index is 0.228. The van der Waals surface area contributed by atoms with Gasteiger partial charge in [0.1, 0.15) is 5.82 Å². The van der Waals surface area contributed by atoms with Crippen molar-refractivity contribution in [1.29, 1.82) is 0 Å². The average molecular weight is 269 g/mol. The van der Waals surface area contributed by atoms with E-state index in [2.05, 4.69) is 27.2 Å². The van der Waals surface area contributed by atoms with E-state index in [1.807, 2.05) is 31.2 Å². The molecule has 1 aliphatic heterocycles. The zero-order chi connectivity index (χ0) is 13.9. The lowest BCUT2D eigenvalue weighted by Crippen LogP contribution is -2.44. The van der Waals surface area contributed by atoms with Crippen LogP contribution in [0.25, 0.3) is 11.4 Å². The number of hydrogen-bond acceptors (Lipinski definition) is 5. The monoisotopic (exact) mass is 269 g/mol. The lowest BCUT2D eigenvalue weighted by atomic mass is 10.1. The van der Waals surface area contributed by atoms with Gasteiger partial charge in [0.15, 0.2) is 0 Å². The molecule has 0 radical (unpaired) electrons. The number of hydrogen-bond donors (Lipinski definition) is 1. The first-order valence-corrected chi connectivity index (χ1v) is 6.92. The van der Waals surface area contributed by atoms with E-state index in [-0.39, 0.29) is 6.04 Å². The summed E-state index contributed by atoms with van der Waals surface area (Å²) >= 11 is 0. The molecular weight excluding hydrogens is 250 g/mol. The molecule has 20 heavy (non-hydrogen) atoms. The van der Waals surface area contributed by atoms with Gasteiger partial charge in [-0.25, -0.2) is 9.97 Å². The molecule has 1 fully saturated rings. The number of aryl methyl sites for hydroxylation is 1. The van der Waals surface area contributed by atoms with Crippen LogP contribution in [0.1, 0.15) is 17.6 Å². The van der Waals surface area contributed by atoms with Crippen molar-refractivity contribution in [3.05, 3.63) is 42.0 Å². The Kier molecular flexibility index (Phi) is 3.71. The molecule has 0 aromatic carbocycles. The molecule has 1 N–H and O–H groups in total. The van der Waals surface area contributed by atoms with Crippen molar-refractivity contribution in [1.82, 2.24) is 25.2 Å². The van der Waals surface area contributed by atoms with Crippen molar-refractivity contribution in [2.45, 2.75) is 13.0 Å². The molecule has 0 aliphatic carbocycles. The van der Waals surface area contributed by atoms with E-state index >= 15 is 0 Å². The Bertz CT molecular complexity index is 584. The maximum atomic E-state index is 4.72. The van der Waals surface area contributed by atoms with Crippen LogP contribution in [0.5, 0.6) is 0 Å². The van der Waals surface area contributed by atoms with Gasteiger partial charge < -0.3 is 5.32 Å². The number of nitrogens with one attached hydrogen (secondary N) is 1. The quantitative estimate of drug-likeness (QED) is 0.893. The second-order valence-corrected chi connectivity index (χ2v) is 5.17. The first-order valence-electron chi connectivity index (χ1n) is 6.92. The van der Waals surface area contributed by atoms with E-state index in [0.29, 0.717) is 0 Å². The summed E-state index contributed by atoms with van der Waals surface area (Å²) in [4.78, 5) is 16.0. The summed E-state index contributed by atoms with van der Waals surface area (Å²) < 4.78 is 0. The van der Waals surface area contributed by atoms with Gasteiger partial charge in [-0.15, -0.1) is 0 Å². The molecule has 0 amide bonds. The second kappa shape index (κ2) is 5.64. The Morgan fingerprint density at radius 2 is 2.15 bits per heavy atom. The van der Waals surface area contributed by atoms with Gasteiger partial charge in [0.2, 0.25) is 0 Å². The van der Waals surface area contributed by atoms with Crippen LogP contribution in [0.3, 0.4) is 0 Å². The van der Waals surface area contributed by atoms with Crippen molar-refractivity contribution >= 4 is 0 Å². The van der Waals surface area contributed by atoms with E-state index in [1.54, 1.807) is 6.20 Å². The molecule has 104 valence electrons. The average Bonchev–Trinajstić information content (AvgIpc) is 2.48. The number of nitrogens with zero attached hydrogens (tertiary/aromatic N) is 4. The number of pyridine rings is 1. The second-order valence-electron chi connectivity index (χ2n) is 5.17. The predicted molar refractivity (Wildman–Crippen MR) is 78.2 cm³/mol. The molecular formula is C15H19N5. The summed E-state index contributed by atoms with van der Waals surface area (Å²) in [5.74, 6) is 0.875. The van der Waals surface area contributed by atoms with Crippen molar-refractivity contribution in [2.24, 2.45) is 0 Å². The highest BCUT2D eigenvalue weighted by Crippen LogP contribution is 2.21. The number of rotatable bonds is 2. The van der Waals surface area contributed by atoms with E-state index in [4.69, 9.17) is 4.98 Å². The number of piperazine rings is 1. The van der Waals surface area contributed by atoms with Crippen LogP contribution in [0.2, 0.25) is 0 Å². The molecule has 0 saturated carbocycles. The zero-order valence-corrected chi connectivity index (χ0v) is 11.9. The third-order valence-corrected chi connectivity index (χ3v) is 3.61. The van der Waals surface area contributed by atoms with Gasteiger partial charge in [-0.2, -0.15) is 0 Å². The van der Waals surface area contributed by atoms with Crippen LogP contribution in [-0.4, -0.2) is 46.5 Å². The van der Waals surface area contributed by atoms with E-state index < -0.39 is 0 Å². The fourth-order valence-electron chi connectivity index (χ4n) is 2.48. The van der Waals surface area contributed by atoms with Crippen LogP contribution in [0, 0.1) is 6.92 Å². The highest BCUT2D eigenvalue weighted by Gasteiger charge is 2.23.